The van der Waals surface area contributed by atoms with Crippen molar-refractivity contribution >= 4 is 11.1 Å². The van der Waals surface area contributed by atoms with Gasteiger partial charge in [0.15, 0.2) is 0 Å². The van der Waals surface area contributed by atoms with Crippen LogP contribution in [-0.4, -0.2) is 0 Å². The quantitative estimate of drug-likeness (QED) is 0.243. The predicted molar refractivity (Wildman–Crippen MR) is 209 cm³/mol. The highest BCUT2D eigenvalue weighted by atomic mass is 14.6. The van der Waals surface area contributed by atoms with Gasteiger partial charge in [-0.05, 0) is 156 Å². The van der Waals surface area contributed by atoms with Crippen molar-refractivity contribution in [2.75, 3.05) is 0 Å². The van der Waals surface area contributed by atoms with E-state index in [0.29, 0.717) is 11.8 Å². The molecule has 0 saturated carbocycles. The van der Waals surface area contributed by atoms with Crippen molar-refractivity contribution < 1.29 is 0 Å². The minimum atomic E-state index is 0.0413. The van der Waals surface area contributed by atoms with E-state index < -0.39 is 0 Å². The highest BCUT2D eigenvalue weighted by Crippen LogP contribution is 2.70. The lowest BCUT2D eigenvalue weighted by Gasteiger charge is -2.64. The van der Waals surface area contributed by atoms with Crippen LogP contribution in [0.15, 0.2) is 90.1 Å². The van der Waals surface area contributed by atoms with Gasteiger partial charge >= 0.3 is 0 Å². The summed E-state index contributed by atoms with van der Waals surface area (Å²) in [6.07, 6.45) is 7.63. The van der Waals surface area contributed by atoms with Crippen LogP contribution in [0.1, 0.15) is 141 Å². The van der Waals surface area contributed by atoms with Crippen molar-refractivity contribution in [1.82, 2.24) is 0 Å². The Morgan fingerprint density at radius 1 is 0.957 bits per heavy atom. The molecule has 0 fully saturated rings. The van der Waals surface area contributed by atoms with Crippen LogP contribution in [0.2, 0.25) is 0 Å². The summed E-state index contributed by atoms with van der Waals surface area (Å²) in [6.45, 7) is 44.8. The zero-order valence-electron chi connectivity index (χ0n) is 31.8. The number of hydrogen-bond donors (Lipinski definition) is 0. The van der Waals surface area contributed by atoms with E-state index in [1.54, 1.807) is 11.1 Å². The number of allylic oxidation sites excluding steroid dienone is 8. The van der Waals surface area contributed by atoms with E-state index in [0.717, 1.165) is 38.5 Å². The molecule has 0 bridgehead atoms. The Labute approximate surface area is 288 Å². The van der Waals surface area contributed by atoms with Gasteiger partial charge in [-0.25, -0.2) is 0 Å². The molecule has 47 heavy (non-hydrogen) atoms. The molecule has 0 aliphatic heterocycles. The molecule has 4 atom stereocenters. The molecule has 0 heterocycles. The molecule has 0 nitrogen and oxygen atoms in total. The van der Waals surface area contributed by atoms with Crippen molar-refractivity contribution in [3.8, 4) is 11.1 Å². The Balaban J connectivity index is 1.66. The van der Waals surface area contributed by atoms with E-state index in [4.69, 9.17) is 6.58 Å². The highest BCUT2D eigenvalue weighted by Gasteiger charge is 2.60. The fourth-order valence-corrected chi connectivity index (χ4v) is 10.8. The van der Waals surface area contributed by atoms with E-state index in [-0.39, 0.29) is 16.2 Å². The second kappa shape index (κ2) is 12.4. The van der Waals surface area contributed by atoms with Gasteiger partial charge in [0.05, 0.1) is 0 Å². The Hall–Kier alpha value is -3.12. The van der Waals surface area contributed by atoms with Gasteiger partial charge in [0.2, 0.25) is 0 Å². The molecular formula is C47H62. The lowest BCUT2D eigenvalue weighted by molar-refractivity contribution is -0.00616. The number of hydrogen-bond acceptors (Lipinski definition) is 0. The van der Waals surface area contributed by atoms with Crippen LogP contribution in [0.4, 0.5) is 0 Å². The Kier molecular flexibility index (Phi) is 9.29. The monoisotopic (exact) mass is 626 g/mol. The molecule has 5 rings (SSSR count). The van der Waals surface area contributed by atoms with E-state index in [1.807, 2.05) is 0 Å². The van der Waals surface area contributed by atoms with E-state index in [2.05, 4.69) is 126 Å². The molecule has 0 spiro atoms. The van der Waals surface area contributed by atoms with Crippen molar-refractivity contribution in [3.05, 3.63) is 118 Å². The third-order valence-electron chi connectivity index (χ3n) is 13.2. The van der Waals surface area contributed by atoms with Crippen LogP contribution in [0.3, 0.4) is 0 Å². The predicted octanol–water partition coefficient (Wildman–Crippen LogP) is 14.2. The Bertz CT molecular complexity index is 1750. The second-order valence-electron chi connectivity index (χ2n) is 16.9. The molecule has 0 aromatic heterocycles. The number of rotatable bonds is 9. The third-order valence-corrected chi connectivity index (χ3v) is 13.2. The highest BCUT2D eigenvalue weighted by molar-refractivity contribution is 5.90. The zero-order chi connectivity index (χ0) is 34.8. The lowest BCUT2D eigenvalue weighted by Crippen LogP contribution is -2.54. The SMILES string of the molecule is C=C(CCC)CCC(=C)c1cccc(-c2cc(C(C)C)c3c(c2C)C(=C)C2=C(C)[C@@]4(C)C(C)C(C(=C)C)=C(C)C[C@@]4(C)C[C@@]2(C)C3)c1. The minimum Gasteiger partial charge on any atom is -0.0999 e. The minimum absolute atomic E-state index is 0.0413. The first kappa shape index (κ1) is 35.2. The molecule has 0 heteroatoms. The van der Waals surface area contributed by atoms with Crippen LogP contribution >= 0.6 is 0 Å². The average molecular weight is 627 g/mol. The zero-order valence-corrected chi connectivity index (χ0v) is 31.8. The maximum atomic E-state index is 5.01. The molecule has 2 aromatic carbocycles. The van der Waals surface area contributed by atoms with E-state index >= 15 is 0 Å². The third kappa shape index (κ3) is 5.53. The molecule has 250 valence electrons. The topological polar surface area (TPSA) is 0 Å². The first-order chi connectivity index (χ1) is 21.9. The summed E-state index contributed by atoms with van der Waals surface area (Å²) in [5, 5.41) is 0. The van der Waals surface area contributed by atoms with E-state index in [9.17, 15) is 0 Å². The lowest BCUT2D eigenvalue weighted by atomic mass is 9.40. The fraction of sp³-hybridized carbons (Fsp3) is 0.489. The van der Waals surface area contributed by atoms with Crippen molar-refractivity contribution in [2.24, 2.45) is 22.2 Å². The van der Waals surface area contributed by atoms with Gasteiger partial charge in [0.1, 0.15) is 0 Å². The summed E-state index contributed by atoms with van der Waals surface area (Å²) in [5.41, 5.74) is 21.0. The fourth-order valence-electron chi connectivity index (χ4n) is 10.8. The van der Waals surface area contributed by atoms with Crippen LogP contribution in [0, 0.1) is 29.1 Å². The van der Waals surface area contributed by atoms with Gasteiger partial charge in [-0.3, -0.25) is 0 Å². The normalized spacial score (nSPS) is 27.1. The molecule has 0 saturated heterocycles. The van der Waals surface area contributed by atoms with Crippen molar-refractivity contribution in [2.45, 2.75) is 127 Å². The van der Waals surface area contributed by atoms with Gasteiger partial charge in [-0.2, -0.15) is 0 Å². The summed E-state index contributed by atoms with van der Waals surface area (Å²) < 4.78 is 0. The van der Waals surface area contributed by atoms with Gasteiger partial charge in [0.25, 0.3) is 0 Å². The first-order valence-corrected chi connectivity index (χ1v) is 18.3. The number of benzene rings is 2. The molecule has 1 unspecified atom stereocenters. The summed E-state index contributed by atoms with van der Waals surface area (Å²) >= 11 is 0. The molecular weight excluding hydrogens is 565 g/mol. The van der Waals surface area contributed by atoms with E-state index in [1.165, 1.54) is 78.8 Å². The average Bonchev–Trinajstić information content (AvgIpc) is 2.97. The summed E-state index contributed by atoms with van der Waals surface area (Å²) in [6, 6.07) is 11.6. The smallest absolute Gasteiger partial charge is 0.00103 e. The van der Waals surface area contributed by atoms with Gasteiger partial charge < -0.3 is 0 Å². The largest absolute Gasteiger partial charge is 0.0999 e. The second-order valence-corrected chi connectivity index (χ2v) is 16.9. The molecule has 2 aromatic rings. The van der Waals surface area contributed by atoms with Gasteiger partial charge in [-0.15, -0.1) is 0 Å². The summed E-state index contributed by atoms with van der Waals surface area (Å²) in [7, 11) is 0. The van der Waals surface area contributed by atoms with Crippen molar-refractivity contribution in [1.29, 1.82) is 0 Å². The van der Waals surface area contributed by atoms with Crippen LogP contribution in [0.25, 0.3) is 22.3 Å². The van der Waals surface area contributed by atoms with Crippen LogP contribution in [-0.2, 0) is 6.42 Å². The molecule has 3 aliphatic rings. The van der Waals surface area contributed by atoms with Crippen LogP contribution in [0.5, 0.6) is 0 Å². The van der Waals surface area contributed by atoms with Crippen LogP contribution < -0.4 is 0 Å². The standard InChI is InChI=1S/C47H62/c1-16-18-30(6)21-22-31(7)37-19-17-20-38(23-37)40-24-39(28(2)3)41-26-45(13)27-46(14)25-32(8)42(29(4)5)35(11)47(46,15)36(12)44(45)34(10)43(41)33(40)9/h17,19-20,23-24,28,35H,4,6-7,10,16,18,21-22,25-27H2,1-3,5,8-9,11-15H3/t35?,45-,46+,47-/m1/s1. The van der Waals surface area contributed by atoms with Gasteiger partial charge in [-0.1, -0.05) is 128 Å². The van der Waals surface area contributed by atoms with Gasteiger partial charge in [0, 0.05) is 5.41 Å². The summed E-state index contributed by atoms with van der Waals surface area (Å²) in [5.74, 6) is 0.843. The maximum Gasteiger partial charge on any atom is 0.00103 e. The Morgan fingerprint density at radius 3 is 2.26 bits per heavy atom. The number of fused-ring (bicyclic) bond motifs is 3. The molecule has 0 amide bonds. The van der Waals surface area contributed by atoms with Crippen molar-refractivity contribution in [3.63, 3.8) is 0 Å². The molecule has 3 aliphatic carbocycles. The molecule has 0 N–H and O–H groups in total. The molecule has 0 radical (unpaired) electrons. The Morgan fingerprint density at radius 2 is 1.64 bits per heavy atom. The summed E-state index contributed by atoms with van der Waals surface area (Å²) in [4.78, 5) is 0. The maximum absolute atomic E-state index is 5.01. The first-order valence-electron chi connectivity index (χ1n) is 18.3.